The van der Waals surface area contributed by atoms with Gasteiger partial charge in [-0.1, -0.05) is 6.92 Å². The van der Waals surface area contributed by atoms with Crippen LogP contribution in [0, 0.1) is 16.0 Å². The summed E-state index contributed by atoms with van der Waals surface area (Å²) in [6.07, 6.45) is 1.24. The number of hydrogen-bond donors (Lipinski definition) is 1. The Morgan fingerprint density at radius 1 is 1.35 bits per heavy atom. The van der Waals surface area contributed by atoms with Crippen LogP contribution in [0.1, 0.15) is 58.5 Å². The highest BCUT2D eigenvalue weighted by atomic mass is 32.1. The lowest BCUT2D eigenvalue weighted by molar-refractivity contribution is -0.402. The van der Waals surface area contributed by atoms with Gasteiger partial charge in [0.05, 0.1) is 18.2 Å². The van der Waals surface area contributed by atoms with Gasteiger partial charge in [0.2, 0.25) is 5.76 Å². The molecule has 0 aliphatic heterocycles. The van der Waals surface area contributed by atoms with E-state index < -0.39 is 34.8 Å². The molecule has 1 aliphatic carbocycles. The van der Waals surface area contributed by atoms with Gasteiger partial charge >= 0.3 is 17.8 Å². The lowest BCUT2D eigenvalue weighted by Crippen LogP contribution is -2.30. The van der Waals surface area contributed by atoms with Crippen molar-refractivity contribution in [1.82, 2.24) is 0 Å². The zero-order valence-electron chi connectivity index (χ0n) is 17.3. The molecule has 0 unspecified atom stereocenters. The van der Waals surface area contributed by atoms with Gasteiger partial charge in [-0.3, -0.25) is 14.9 Å². The molecule has 0 bridgehead atoms. The Kier molecular flexibility index (Phi) is 6.74. The number of anilines is 1. The van der Waals surface area contributed by atoms with Crippen LogP contribution in [0.3, 0.4) is 0 Å². The first-order valence-electron chi connectivity index (χ1n) is 9.79. The van der Waals surface area contributed by atoms with Crippen molar-refractivity contribution in [2.75, 3.05) is 11.9 Å². The second-order valence-electron chi connectivity index (χ2n) is 7.21. The molecule has 0 saturated heterocycles. The van der Waals surface area contributed by atoms with Crippen LogP contribution in [0.25, 0.3) is 0 Å². The van der Waals surface area contributed by atoms with Gasteiger partial charge < -0.3 is 19.2 Å². The Balaban J connectivity index is 1.74. The van der Waals surface area contributed by atoms with E-state index in [1.54, 1.807) is 6.92 Å². The molecule has 3 rings (SSSR count). The molecule has 0 radical (unpaired) electrons. The monoisotopic (exact) mass is 450 g/mol. The summed E-state index contributed by atoms with van der Waals surface area (Å²) in [5.74, 6) is -2.69. The molecule has 0 fully saturated rings. The number of amides is 1. The minimum Gasteiger partial charge on any atom is -0.462 e. The number of hydrogen-bond acceptors (Lipinski definition) is 9. The molecule has 2 aromatic heterocycles. The topological polar surface area (TPSA) is 138 Å². The molecule has 2 atom stereocenters. The van der Waals surface area contributed by atoms with Crippen LogP contribution < -0.4 is 5.32 Å². The summed E-state index contributed by atoms with van der Waals surface area (Å²) >= 11 is 1.32. The Morgan fingerprint density at radius 3 is 2.74 bits per heavy atom. The lowest BCUT2D eigenvalue weighted by atomic mass is 9.88. The smallest absolute Gasteiger partial charge is 0.433 e. The van der Waals surface area contributed by atoms with E-state index in [0.29, 0.717) is 16.5 Å². The van der Waals surface area contributed by atoms with Gasteiger partial charge in [-0.05, 0) is 50.7 Å². The van der Waals surface area contributed by atoms with Crippen LogP contribution in [0.2, 0.25) is 0 Å². The zero-order chi connectivity index (χ0) is 22.7. The second kappa shape index (κ2) is 9.29. The molecular weight excluding hydrogens is 428 g/mol. The largest absolute Gasteiger partial charge is 0.462 e. The summed E-state index contributed by atoms with van der Waals surface area (Å²) in [4.78, 5) is 48.2. The lowest BCUT2D eigenvalue weighted by Gasteiger charge is -2.18. The third-order valence-electron chi connectivity index (χ3n) is 4.85. The highest BCUT2D eigenvalue weighted by Crippen LogP contribution is 2.40. The van der Waals surface area contributed by atoms with E-state index in [0.717, 1.165) is 41.8 Å². The predicted octanol–water partition coefficient (Wildman–Crippen LogP) is 3.73. The number of carbonyl (C=O) groups excluding carboxylic acids is 3. The molecule has 2 heterocycles. The number of thiophene rings is 1. The molecule has 11 heteroatoms. The van der Waals surface area contributed by atoms with Crippen molar-refractivity contribution in [3.05, 3.63) is 44.0 Å². The van der Waals surface area contributed by atoms with Gasteiger partial charge in [-0.15, -0.1) is 11.3 Å². The van der Waals surface area contributed by atoms with Crippen LogP contribution in [-0.4, -0.2) is 35.5 Å². The van der Waals surface area contributed by atoms with Gasteiger partial charge in [0.1, 0.15) is 9.92 Å². The Bertz CT molecular complexity index is 1020. The Hall–Kier alpha value is -3.21. The Labute approximate surface area is 181 Å². The molecule has 1 aliphatic rings. The minimum absolute atomic E-state index is 0.205. The number of ether oxygens (including phenoxy) is 2. The summed E-state index contributed by atoms with van der Waals surface area (Å²) in [5.41, 5.74) is 1.24. The van der Waals surface area contributed by atoms with Crippen LogP contribution in [-0.2, 0) is 27.1 Å². The van der Waals surface area contributed by atoms with Crippen LogP contribution in [0.5, 0.6) is 0 Å². The van der Waals surface area contributed by atoms with E-state index >= 15 is 0 Å². The van der Waals surface area contributed by atoms with E-state index in [1.807, 2.05) is 0 Å². The molecule has 2 aromatic rings. The van der Waals surface area contributed by atoms with Crippen molar-refractivity contribution in [3.63, 3.8) is 0 Å². The van der Waals surface area contributed by atoms with Gasteiger partial charge in [0.15, 0.2) is 6.10 Å². The second-order valence-corrected chi connectivity index (χ2v) is 8.31. The van der Waals surface area contributed by atoms with E-state index in [2.05, 4.69) is 12.2 Å². The van der Waals surface area contributed by atoms with Crippen molar-refractivity contribution in [2.24, 2.45) is 5.92 Å². The number of esters is 2. The number of fused-ring (bicyclic) bond motifs is 1. The van der Waals surface area contributed by atoms with E-state index in [-0.39, 0.29) is 12.4 Å². The first kappa shape index (κ1) is 22.5. The maximum atomic E-state index is 12.6. The normalized spacial score (nSPS) is 16.2. The molecule has 0 spiro atoms. The fourth-order valence-corrected chi connectivity index (χ4v) is 4.68. The summed E-state index contributed by atoms with van der Waals surface area (Å²) in [6, 6.07) is 2.11. The summed E-state index contributed by atoms with van der Waals surface area (Å²) in [6.45, 7) is 5.39. The third-order valence-corrected chi connectivity index (χ3v) is 6.02. The highest BCUT2D eigenvalue weighted by Gasteiger charge is 2.31. The van der Waals surface area contributed by atoms with Crippen molar-refractivity contribution >= 4 is 40.1 Å². The highest BCUT2D eigenvalue weighted by molar-refractivity contribution is 7.17. The molecular formula is C20H22N2O8S. The fraction of sp³-hybridized carbons (Fsp3) is 0.450. The minimum atomic E-state index is -1.23. The molecule has 1 N–H and O–H groups in total. The molecule has 10 nitrogen and oxygen atoms in total. The van der Waals surface area contributed by atoms with E-state index in [9.17, 15) is 24.5 Å². The molecule has 0 saturated carbocycles. The SMILES string of the molecule is CCOC(=O)c1c(NC(=O)[C@H](C)OC(=O)c2ccc([N+](=O)[O-])o2)sc2c1CC[C@H](C)C2. The number of nitro groups is 1. The van der Waals surface area contributed by atoms with Crippen molar-refractivity contribution in [2.45, 2.75) is 46.1 Å². The van der Waals surface area contributed by atoms with Crippen molar-refractivity contribution in [3.8, 4) is 0 Å². The average molecular weight is 450 g/mol. The van der Waals surface area contributed by atoms with Gasteiger partial charge in [0, 0.05) is 4.88 Å². The summed E-state index contributed by atoms with van der Waals surface area (Å²) in [5, 5.41) is 13.7. The molecule has 0 aromatic carbocycles. The van der Waals surface area contributed by atoms with Crippen LogP contribution in [0.15, 0.2) is 16.5 Å². The van der Waals surface area contributed by atoms with E-state index in [1.165, 1.54) is 18.3 Å². The first-order valence-corrected chi connectivity index (χ1v) is 10.6. The van der Waals surface area contributed by atoms with Gasteiger partial charge in [-0.25, -0.2) is 9.59 Å². The van der Waals surface area contributed by atoms with Gasteiger partial charge in [0.25, 0.3) is 5.91 Å². The number of rotatable bonds is 7. The first-order chi connectivity index (χ1) is 14.7. The van der Waals surface area contributed by atoms with Crippen molar-refractivity contribution < 1.29 is 33.2 Å². The standard InChI is InChI=1S/C20H22N2O8S/c1-4-28-20(25)16-12-6-5-10(2)9-14(12)31-18(16)21-17(23)11(3)29-19(24)13-7-8-15(30-13)22(26)27/h7-8,10-11H,4-6,9H2,1-3H3,(H,21,23)/t10-,11-/m0/s1. The maximum absolute atomic E-state index is 12.6. The zero-order valence-corrected chi connectivity index (χ0v) is 18.1. The van der Waals surface area contributed by atoms with Crippen LogP contribution >= 0.6 is 11.3 Å². The van der Waals surface area contributed by atoms with Crippen LogP contribution in [0.4, 0.5) is 10.9 Å². The number of carbonyl (C=O) groups is 3. The number of nitrogens with zero attached hydrogens (tertiary/aromatic N) is 1. The Morgan fingerprint density at radius 2 is 2.10 bits per heavy atom. The van der Waals surface area contributed by atoms with Crippen molar-refractivity contribution in [1.29, 1.82) is 0 Å². The fourth-order valence-electron chi connectivity index (χ4n) is 3.28. The quantitative estimate of drug-likeness (QED) is 0.382. The third kappa shape index (κ3) is 4.93. The molecule has 31 heavy (non-hydrogen) atoms. The predicted molar refractivity (Wildman–Crippen MR) is 110 cm³/mol. The van der Waals surface area contributed by atoms with Gasteiger partial charge in [-0.2, -0.15) is 0 Å². The number of furan rings is 1. The molecule has 166 valence electrons. The molecule has 1 amide bonds. The summed E-state index contributed by atoms with van der Waals surface area (Å²) < 4.78 is 15.0. The summed E-state index contributed by atoms with van der Waals surface area (Å²) in [7, 11) is 0. The maximum Gasteiger partial charge on any atom is 0.433 e. The van der Waals surface area contributed by atoms with E-state index in [4.69, 9.17) is 13.9 Å². The number of nitrogens with one attached hydrogen (secondary N) is 1. The average Bonchev–Trinajstić information content (AvgIpc) is 3.32.